The van der Waals surface area contributed by atoms with Gasteiger partial charge in [-0.05, 0) is 38.0 Å². The Morgan fingerprint density at radius 1 is 1.33 bits per heavy atom. The zero-order valence-corrected chi connectivity index (χ0v) is 13.0. The van der Waals surface area contributed by atoms with Gasteiger partial charge in [0.05, 0.1) is 11.3 Å². The number of carboxylic acids is 1. The van der Waals surface area contributed by atoms with Gasteiger partial charge in [0.2, 0.25) is 5.91 Å². The molecule has 0 saturated heterocycles. The molecule has 0 aliphatic heterocycles. The Morgan fingerprint density at radius 3 is 2.57 bits per heavy atom. The number of hydrogen-bond donors (Lipinski definition) is 3. The van der Waals surface area contributed by atoms with E-state index in [1.807, 2.05) is 13.8 Å². The molecule has 116 valence electrons. The zero-order valence-electron chi connectivity index (χ0n) is 12.2. The standard InChI is InChI=1S/C15H21ClN2O3/c1-9(4-3-5-10(2)17)14(19)18-13-8-11(16)6-7-12(13)15(20)21/h6-10H,3-5,17H2,1-2H3,(H,18,19)(H,20,21). The molecule has 1 rings (SSSR count). The van der Waals surface area contributed by atoms with Gasteiger partial charge in [0.15, 0.2) is 0 Å². The number of benzene rings is 1. The number of anilines is 1. The smallest absolute Gasteiger partial charge is 0.337 e. The second kappa shape index (κ2) is 8.00. The van der Waals surface area contributed by atoms with Gasteiger partial charge in [-0.15, -0.1) is 0 Å². The van der Waals surface area contributed by atoms with Crippen LogP contribution in [0.4, 0.5) is 5.69 Å². The number of amides is 1. The molecule has 21 heavy (non-hydrogen) atoms. The van der Waals surface area contributed by atoms with E-state index in [0.29, 0.717) is 11.4 Å². The molecule has 2 atom stereocenters. The third kappa shape index (κ3) is 5.73. The molecule has 4 N–H and O–H groups in total. The van der Waals surface area contributed by atoms with Crippen LogP contribution in [0.5, 0.6) is 0 Å². The number of nitrogens with two attached hydrogens (primary N) is 1. The van der Waals surface area contributed by atoms with Crippen molar-refractivity contribution in [2.45, 2.75) is 39.2 Å². The van der Waals surface area contributed by atoms with Crippen molar-refractivity contribution in [2.24, 2.45) is 11.7 Å². The lowest BCUT2D eigenvalue weighted by atomic mass is 10.0. The highest BCUT2D eigenvalue weighted by atomic mass is 35.5. The minimum Gasteiger partial charge on any atom is -0.478 e. The van der Waals surface area contributed by atoms with E-state index in [1.54, 1.807) is 0 Å². The summed E-state index contributed by atoms with van der Waals surface area (Å²) in [4.78, 5) is 23.2. The predicted octanol–water partition coefficient (Wildman–Crippen LogP) is 3.13. The Labute approximate surface area is 129 Å². The molecule has 0 fully saturated rings. The summed E-state index contributed by atoms with van der Waals surface area (Å²) in [7, 11) is 0. The Balaban J connectivity index is 2.69. The molecule has 2 unspecified atom stereocenters. The highest BCUT2D eigenvalue weighted by Crippen LogP contribution is 2.22. The summed E-state index contributed by atoms with van der Waals surface area (Å²) in [6, 6.07) is 4.41. The average Bonchev–Trinajstić information content (AvgIpc) is 2.37. The number of nitrogens with one attached hydrogen (secondary N) is 1. The summed E-state index contributed by atoms with van der Waals surface area (Å²) in [6.45, 7) is 3.73. The van der Waals surface area contributed by atoms with Crippen LogP contribution in [0.15, 0.2) is 18.2 Å². The van der Waals surface area contributed by atoms with Crippen LogP contribution in [0.3, 0.4) is 0 Å². The number of carbonyl (C=O) groups excluding carboxylic acids is 1. The van der Waals surface area contributed by atoms with Crippen molar-refractivity contribution >= 4 is 29.2 Å². The maximum Gasteiger partial charge on any atom is 0.337 e. The van der Waals surface area contributed by atoms with Crippen LogP contribution in [0, 0.1) is 5.92 Å². The first-order valence-electron chi connectivity index (χ1n) is 6.90. The quantitative estimate of drug-likeness (QED) is 0.721. The second-order valence-corrected chi connectivity index (χ2v) is 5.73. The second-order valence-electron chi connectivity index (χ2n) is 5.29. The first-order chi connectivity index (χ1) is 9.81. The minimum atomic E-state index is -1.11. The van der Waals surface area contributed by atoms with Crippen molar-refractivity contribution in [1.82, 2.24) is 0 Å². The topological polar surface area (TPSA) is 92.4 Å². The van der Waals surface area contributed by atoms with Crippen molar-refractivity contribution in [3.63, 3.8) is 0 Å². The largest absolute Gasteiger partial charge is 0.478 e. The van der Waals surface area contributed by atoms with Gasteiger partial charge in [0.1, 0.15) is 0 Å². The lowest BCUT2D eigenvalue weighted by Gasteiger charge is -2.14. The number of halogens is 1. The van der Waals surface area contributed by atoms with Crippen LogP contribution in [-0.4, -0.2) is 23.0 Å². The predicted molar refractivity (Wildman–Crippen MR) is 83.7 cm³/mol. The average molecular weight is 313 g/mol. The fraction of sp³-hybridized carbons (Fsp3) is 0.467. The Hall–Kier alpha value is -1.59. The number of rotatable bonds is 7. The highest BCUT2D eigenvalue weighted by molar-refractivity contribution is 6.31. The summed E-state index contributed by atoms with van der Waals surface area (Å²) in [5.41, 5.74) is 5.91. The van der Waals surface area contributed by atoms with Crippen LogP contribution in [-0.2, 0) is 4.79 Å². The van der Waals surface area contributed by atoms with Crippen LogP contribution >= 0.6 is 11.6 Å². The van der Waals surface area contributed by atoms with E-state index < -0.39 is 5.97 Å². The normalized spacial score (nSPS) is 13.5. The van der Waals surface area contributed by atoms with E-state index >= 15 is 0 Å². The van der Waals surface area contributed by atoms with Crippen molar-refractivity contribution in [3.05, 3.63) is 28.8 Å². The van der Waals surface area contributed by atoms with Gasteiger partial charge in [-0.2, -0.15) is 0 Å². The lowest BCUT2D eigenvalue weighted by molar-refractivity contribution is -0.119. The molecule has 0 aromatic heterocycles. The van der Waals surface area contributed by atoms with Crippen LogP contribution in [0.25, 0.3) is 0 Å². The van der Waals surface area contributed by atoms with Gasteiger partial charge in [-0.3, -0.25) is 4.79 Å². The van der Waals surface area contributed by atoms with Gasteiger partial charge in [-0.1, -0.05) is 24.9 Å². The monoisotopic (exact) mass is 312 g/mol. The van der Waals surface area contributed by atoms with Crippen molar-refractivity contribution in [3.8, 4) is 0 Å². The molecule has 0 aliphatic rings. The number of carboxylic acid groups (broad SMARTS) is 1. The molecule has 1 amide bonds. The molecule has 0 saturated carbocycles. The van der Waals surface area contributed by atoms with Crippen LogP contribution in [0.2, 0.25) is 5.02 Å². The van der Waals surface area contributed by atoms with Gasteiger partial charge >= 0.3 is 5.97 Å². The highest BCUT2D eigenvalue weighted by Gasteiger charge is 2.17. The summed E-state index contributed by atoms with van der Waals surface area (Å²) in [6.07, 6.45) is 2.42. The first-order valence-corrected chi connectivity index (χ1v) is 7.28. The number of aromatic carboxylic acids is 1. The molecular formula is C15H21ClN2O3. The summed E-state index contributed by atoms with van der Waals surface area (Å²) in [5, 5.41) is 12.1. The molecule has 5 nitrogen and oxygen atoms in total. The van der Waals surface area contributed by atoms with E-state index in [1.165, 1.54) is 18.2 Å². The molecule has 0 bridgehead atoms. The number of hydrogen-bond acceptors (Lipinski definition) is 3. The van der Waals surface area contributed by atoms with E-state index in [9.17, 15) is 9.59 Å². The van der Waals surface area contributed by atoms with Crippen molar-refractivity contribution < 1.29 is 14.7 Å². The molecule has 1 aromatic rings. The molecule has 1 aromatic carbocycles. The maximum atomic E-state index is 12.1. The molecule has 6 heteroatoms. The molecule has 0 spiro atoms. The zero-order chi connectivity index (χ0) is 16.0. The summed E-state index contributed by atoms with van der Waals surface area (Å²) >= 11 is 5.84. The molecule has 0 heterocycles. The fourth-order valence-electron chi connectivity index (χ4n) is 1.94. The number of carbonyl (C=O) groups is 2. The SMILES string of the molecule is CC(N)CCCC(C)C(=O)Nc1cc(Cl)ccc1C(=O)O. The lowest BCUT2D eigenvalue weighted by Crippen LogP contribution is -2.22. The molecule has 0 radical (unpaired) electrons. The fourth-order valence-corrected chi connectivity index (χ4v) is 2.11. The van der Waals surface area contributed by atoms with Crippen LogP contribution in [0.1, 0.15) is 43.5 Å². The van der Waals surface area contributed by atoms with Crippen molar-refractivity contribution in [2.75, 3.05) is 5.32 Å². The van der Waals surface area contributed by atoms with Crippen LogP contribution < -0.4 is 11.1 Å². The van der Waals surface area contributed by atoms with E-state index in [2.05, 4.69) is 5.32 Å². The van der Waals surface area contributed by atoms with Gasteiger partial charge in [0.25, 0.3) is 0 Å². The molecule has 0 aliphatic carbocycles. The van der Waals surface area contributed by atoms with Gasteiger partial charge < -0.3 is 16.2 Å². The Kier molecular flexibility index (Phi) is 6.65. The third-order valence-electron chi connectivity index (χ3n) is 3.21. The first kappa shape index (κ1) is 17.5. The maximum absolute atomic E-state index is 12.1. The Morgan fingerprint density at radius 2 is 2.00 bits per heavy atom. The van der Waals surface area contributed by atoms with E-state index in [4.69, 9.17) is 22.4 Å². The van der Waals surface area contributed by atoms with Gasteiger partial charge in [0, 0.05) is 17.0 Å². The van der Waals surface area contributed by atoms with Gasteiger partial charge in [-0.25, -0.2) is 4.79 Å². The van der Waals surface area contributed by atoms with E-state index in [0.717, 1.165) is 12.8 Å². The molecular weight excluding hydrogens is 292 g/mol. The summed E-state index contributed by atoms with van der Waals surface area (Å²) in [5.74, 6) is -1.54. The Bertz CT molecular complexity index is 518. The third-order valence-corrected chi connectivity index (χ3v) is 3.45. The van der Waals surface area contributed by atoms with E-state index in [-0.39, 0.29) is 29.1 Å². The minimum absolute atomic E-state index is 0.0236. The van der Waals surface area contributed by atoms with Crippen molar-refractivity contribution in [1.29, 1.82) is 0 Å². The summed E-state index contributed by atoms with van der Waals surface area (Å²) < 4.78 is 0.